The van der Waals surface area contributed by atoms with Crippen LogP contribution in [0.4, 0.5) is 0 Å². The molecular formula is C11H25NO. The zero-order valence-electron chi connectivity index (χ0n) is 9.38. The molecule has 0 radical (unpaired) electrons. The normalized spacial score (nSPS) is 13.6. The average Bonchev–Trinajstić information content (AvgIpc) is 2.10. The van der Waals surface area contributed by atoms with Crippen molar-refractivity contribution >= 4 is 0 Å². The summed E-state index contributed by atoms with van der Waals surface area (Å²) < 4.78 is 5.67. The Balaban J connectivity index is 3.28. The minimum Gasteiger partial charge on any atom is -0.377 e. The Kier molecular flexibility index (Phi) is 8.46. The number of nitrogens with two attached hydrogens (primary N) is 1. The van der Waals surface area contributed by atoms with E-state index in [0.717, 1.165) is 6.61 Å². The van der Waals surface area contributed by atoms with Gasteiger partial charge in [-0.3, -0.25) is 0 Å². The molecule has 2 N–H and O–H groups in total. The van der Waals surface area contributed by atoms with Gasteiger partial charge in [0.1, 0.15) is 0 Å². The Morgan fingerprint density at radius 2 is 1.85 bits per heavy atom. The standard InChI is InChI=1S/C11H25NO/c1-4-5-6-7-8-13-11(9-12)10(2)3/h10-11H,4-9,12H2,1-3H3. The Morgan fingerprint density at radius 3 is 2.31 bits per heavy atom. The van der Waals surface area contributed by atoms with E-state index in [2.05, 4.69) is 20.8 Å². The number of rotatable bonds is 8. The molecule has 0 saturated heterocycles. The summed E-state index contributed by atoms with van der Waals surface area (Å²) in [5.41, 5.74) is 5.59. The van der Waals surface area contributed by atoms with Crippen LogP contribution in [0, 0.1) is 5.92 Å². The van der Waals surface area contributed by atoms with Crippen molar-refractivity contribution in [3.63, 3.8) is 0 Å². The van der Waals surface area contributed by atoms with E-state index in [4.69, 9.17) is 10.5 Å². The molecule has 0 saturated carbocycles. The van der Waals surface area contributed by atoms with Crippen molar-refractivity contribution in [1.82, 2.24) is 0 Å². The first-order valence-corrected chi connectivity index (χ1v) is 5.54. The third-order valence-corrected chi connectivity index (χ3v) is 2.31. The summed E-state index contributed by atoms with van der Waals surface area (Å²) in [4.78, 5) is 0. The van der Waals surface area contributed by atoms with E-state index >= 15 is 0 Å². The van der Waals surface area contributed by atoms with Crippen LogP contribution in [0.2, 0.25) is 0 Å². The lowest BCUT2D eigenvalue weighted by atomic mass is 10.1. The van der Waals surface area contributed by atoms with E-state index in [1.807, 2.05) is 0 Å². The van der Waals surface area contributed by atoms with Gasteiger partial charge in [0.2, 0.25) is 0 Å². The molecule has 2 heteroatoms. The van der Waals surface area contributed by atoms with E-state index < -0.39 is 0 Å². The number of hydrogen-bond donors (Lipinski definition) is 1. The van der Waals surface area contributed by atoms with Crippen LogP contribution >= 0.6 is 0 Å². The molecule has 13 heavy (non-hydrogen) atoms. The van der Waals surface area contributed by atoms with Crippen molar-refractivity contribution in [1.29, 1.82) is 0 Å². The third kappa shape index (κ3) is 7.03. The second kappa shape index (κ2) is 8.52. The molecule has 1 atom stereocenters. The summed E-state index contributed by atoms with van der Waals surface area (Å²) in [7, 11) is 0. The smallest absolute Gasteiger partial charge is 0.0720 e. The fourth-order valence-corrected chi connectivity index (χ4v) is 1.30. The van der Waals surface area contributed by atoms with Gasteiger partial charge in [0.25, 0.3) is 0 Å². The maximum Gasteiger partial charge on any atom is 0.0720 e. The van der Waals surface area contributed by atoms with Crippen LogP contribution in [0.25, 0.3) is 0 Å². The summed E-state index contributed by atoms with van der Waals surface area (Å²) >= 11 is 0. The fourth-order valence-electron chi connectivity index (χ4n) is 1.30. The van der Waals surface area contributed by atoms with Gasteiger partial charge in [0.05, 0.1) is 6.10 Å². The van der Waals surface area contributed by atoms with Crippen LogP contribution < -0.4 is 5.73 Å². The summed E-state index contributed by atoms with van der Waals surface area (Å²) in [5.74, 6) is 0.538. The van der Waals surface area contributed by atoms with Crippen LogP contribution in [0.5, 0.6) is 0 Å². The van der Waals surface area contributed by atoms with Gasteiger partial charge in [-0.2, -0.15) is 0 Å². The van der Waals surface area contributed by atoms with Gasteiger partial charge in [0.15, 0.2) is 0 Å². The lowest BCUT2D eigenvalue weighted by Crippen LogP contribution is -2.29. The molecule has 0 aliphatic rings. The van der Waals surface area contributed by atoms with Gasteiger partial charge in [0, 0.05) is 13.2 Å². The van der Waals surface area contributed by atoms with Crippen molar-refractivity contribution in [3.8, 4) is 0 Å². The molecule has 0 rings (SSSR count). The summed E-state index contributed by atoms with van der Waals surface area (Å²) in [6, 6.07) is 0. The van der Waals surface area contributed by atoms with Crippen LogP contribution in [-0.2, 0) is 4.74 Å². The monoisotopic (exact) mass is 187 g/mol. The van der Waals surface area contributed by atoms with Crippen molar-refractivity contribution < 1.29 is 4.74 Å². The molecule has 0 fully saturated rings. The van der Waals surface area contributed by atoms with E-state index in [1.54, 1.807) is 0 Å². The largest absolute Gasteiger partial charge is 0.377 e. The molecule has 0 aromatic carbocycles. The van der Waals surface area contributed by atoms with Crippen molar-refractivity contribution in [2.24, 2.45) is 11.7 Å². The number of hydrogen-bond acceptors (Lipinski definition) is 2. The molecule has 0 aliphatic carbocycles. The van der Waals surface area contributed by atoms with Gasteiger partial charge in [-0.05, 0) is 12.3 Å². The number of ether oxygens (including phenoxy) is 1. The summed E-state index contributed by atoms with van der Waals surface area (Å²) in [5, 5.41) is 0. The highest BCUT2D eigenvalue weighted by molar-refractivity contribution is 4.62. The van der Waals surface area contributed by atoms with Crippen LogP contribution in [0.3, 0.4) is 0 Å². The topological polar surface area (TPSA) is 35.2 Å². The average molecular weight is 187 g/mol. The predicted molar refractivity (Wildman–Crippen MR) is 57.8 cm³/mol. The van der Waals surface area contributed by atoms with Crippen molar-refractivity contribution in [2.45, 2.75) is 52.6 Å². The third-order valence-electron chi connectivity index (χ3n) is 2.31. The van der Waals surface area contributed by atoms with Gasteiger partial charge in [-0.1, -0.05) is 40.0 Å². The Morgan fingerprint density at radius 1 is 1.15 bits per heavy atom. The van der Waals surface area contributed by atoms with Crippen LogP contribution in [0.1, 0.15) is 46.5 Å². The summed E-state index contributed by atoms with van der Waals surface area (Å²) in [6.45, 7) is 8.05. The molecule has 0 aromatic heterocycles. The zero-order chi connectivity index (χ0) is 10.1. The highest BCUT2D eigenvalue weighted by atomic mass is 16.5. The minimum absolute atomic E-state index is 0.252. The predicted octanol–water partition coefficient (Wildman–Crippen LogP) is 2.57. The minimum atomic E-state index is 0.252. The SMILES string of the molecule is CCCCCCOC(CN)C(C)C. The molecule has 0 bridgehead atoms. The van der Waals surface area contributed by atoms with Crippen LogP contribution in [-0.4, -0.2) is 19.3 Å². The maximum absolute atomic E-state index is 5.67. The second-order valence-corrected chi connectivity index (χ2v) is 3.95. The number of unbranched alkanes of at least 4 members (excludes halogenated alkanes) is 3. The van der Waals surface area contributed by atoms with Crippen molar-refractivity contribution in [2.75, 3.05) is 13.2 Å². The fraction of sp³-hybridized carbons (Fsp3) is 1.00. The Hall–Kier alpha value is -0.0800. The first-order valence-electron chi connectivity index (χ1n) is 5.54. The van der Waals surface area contributed by atoms with E-state index in [1.165, 1.54) is 25.7 Å². The molecule has 0 aliphatic heterocycles. The van der Waals surface area contributed by atoms with Gasteiger partial charge < -0.3 is 10.5 Å². The first kappa shape index (κ1) is 12.9. The molecule has 0 heterocycles. The molecular weight excluding hydrogens is 162 g/mol. The lowest BCUT2D eigenvalue weighted by molar-refractivity contribution is 0.0264. The molecule has 80 valence electrons. The molecule has 0 spiro atoms. The second-order valence-electron chi connectivity index (χ2n) is 3.95. The molecule has 1 unspecified atom stereocenters. The Labute approximate surface area is 82.8 Å². The highest BCUT2D eigenvalue weighted by Crippen LogP contribution is 2.06. The molecule has 0 amide bonds. The van der Waals surface area contributed by atoms with Gasteiger partial charge in [-0.25, -0.2) is 0 Å². The van der Waals surface area contributed by atoms with Gasteiger partial charge >= 0.3 is 0 Å². The molecule has 0 aromatic rings. The molecule has 2 nitrogen and oxygen atoms in total. The van der Waals surface area contributed by atoms with Crippen molar-refractivity contribution in [3.05, 3.63) is 0 Å². The zero-order valence-corrected chi connectivity index (χ0v) is 9.38. The van der Waals surface area contributed by atoms with E-state index in [-0.39, 0.29) is 6.10 Å². The van der Waals surface area contributed by atoms with Crippen LogP contribution in [0.15, 0.2) is 0 Å². The summed E-state index contributed by atoms with van der Waals surface area (Å²) in [6.07, 6.45) is 5.31. The highest BCUT2D eigenvalue weighted by Gasteiger charge is 2.10. The quantitative estimate of drug-likeness (QED) is 0.593. The van der Waals surface area contributed by atoms with E-state index in [0.29, 0.717) is 12.5 Å². The maximum atomic E-state index is 5.67. The van der Waals surface area contributed by atoms with Gasteiger partial charge in [-0.15, -0.1) is 0 Å². The Bertz CT molecular complexity index is 104. The lowest BCUT2D eigenvalue weighted by Gasteiger charge is -2.19. The first-order chi connectivity index (χ1) is 6.22. The van der Waals surface area contributed by atoms with E-state index in [9.17, 15) is 0 Å².